The van der Waals surface area contributed by atoms with Gasteiger partial charge < -0.3 is 0 Å². The summed E-state index contributed by atoms with van der Waals surface area (Å²) in [5, 5.41) is 0. The van der Waals surface area contributed by atoms with Crippen LogP contribution >= 0.6 is 0 Å². The van der Waals surface area contributed by atoms with E-state index < -0.39 is 0 Å². The van der Waals surface area contributed by atoms with Crippen molar-refractivity contribution in [1.82, 2.24) is 0 Å². The van der Waals surface area contributed by atoms with E-state index >= 15 is 0 Å². The van der Waals surface area contributed by atoms with E-state index in [4.69, 9.17) is 0 Å². The van der Waals surface area contributed by atoms with Gasteiger partial charge in [0.15, 0.2) is 5.78 Å². The molecule has 1 nitrogen and oxygen atoms in total. The highest BCUT2D eigenvalue weighted by molar-refractivity contribution is 6.12. The largest absolute Gasteiger partial charge is 0.289 e. The zero-order valence-corrected chi connectivity index (χ0v) is 12.6. The minimum atomic E-state index is 0.201. The van der Waals surface area contributed by atoms with E-state index in [0.29, 0.717) is 0 Å². The number of hydrogen-bond donors (Lipinski definition) is 0. The Balaban J connectivity index is 2.00. The van der Waals surface area contributed by atoms with Crippen LogP contribution in [0.2, 0.25) is 0 Å². The van der Waals surface area contributed by atoms with Crippen LogP contribution < -0.4 is 0 Å². The predicted molar refractivity (Wildman–Crippen MR) is 87.6 cm³/mol. The molecule has 0 saturated carbocycles. The molecule has 0 bridgehead atoms. The van der Waals surface area contributed by atoms with Gasteiger partial charge >= 0.3 is 0 Å². The van der Waals surface area contributed by atoms with Crippen LogP contribution in [0.1, 0.15) is 45.5 Å². The Morgan fingerprint density at radius 2 is 1.62 bits per heavy atom. The first-order chi connectivity index (χ1) is 10.1. The van der Waals surface area contributed by atoms with Crippen LogP contribution in [0.15, 0.2) is 48.0 Å². The summed E-state index contributed by atoms with van der Waals surface area (Å²) in [6, 6.07) is 14.6. The van der Waals surface area contributed by atoms with E-state index in [2.05, 4.69) is 49.4 Å². The van der Waals surface area contributed by atoms with Gasteiger partial charge in [-0.1, -0.05) is 47.5 Å². The molecule has 21 heavy (non-hydrogen) atoms. The summed E-state index contributed by atoms with van der Waals surface area (Å²) < 4.78 is 0. The van der Waals surface area contributed by atoms with Crippen LogP contribution in [0.25, 0.3) is 6.08 Å². The Morgan fingerprint density at radius 1 is 0.905 bits per heavy atom. The second kappa shape index (κ2) is 5.69. The molecular formula is C20H20O. The molecule has 3 rings (SSSR count). The van der Waals surface area contributed by atoms with Gasteiger partial charge in [0.25, 0.3) is 0 Å². The van der Waals surface area contributed by atoms with Crippen molar-refractivity contribution in [3.05, 3.63) is 75.9 Å². The summed E-state index contributed by atoms with van der Waals surface area (Å²) in [6.45, 7) is 4.12. The van der Waals surface area contributed by atoms with Crippen molar-refractivity contribution in [2.75, 3.05) is 0 Å². The van der Waals surface area contributed by atoms with Gasteiger partial charge in [-0.3, -0.25) is 4.79 Å². The smallest absolute Gasteiger partial charge is 0.189 e. The number of fused-ring (bicyclic) bond motifs is 1. The fourth-order valence-corrected chi connectivity index (χ4v) is 2.88. The van der Waals surface area contributed by atoms with Crippen molar-refractivity contribution >= 4 is 11.9 Å². The molecule has 0 unspecified atom stereocenters. The lowest BCUT2D eigenvalue weighted by Gasteiger charge is -2.06. The van der Waals surface area contributed by atoms with E-state index in [-0.39, 0.29) is 5.78 Å². The Kier molecular flexibility index (Phi) is 3.74. The summed E-state index contributed by atoms with van der Waals surface area (Å²) in [4.78, 5) is 12.8. The van der Waals surface area contributed by atoms with E-state index in [1.165, 1.54) is 11.1 Å². The first kappa shape index (κ1) is 13.8. The molecule has 0 aliphatic heterocycles. The molecule has 0 amide bonds. The van der Waals surface area contributed by atoms with Crippen LogP contribution in [0.5, 0.6) is 0 Å². The average Bonchev–Trinajstić information content (AvgIpc) is 2.62. The van der Waals surface area contributed by atoms with Gasteiger partial charge in [0.05, 0.1) is 0 Å². The summed E-state index contributed by atoms with van der Waals surface area (Å²) >= 11 is 0. The Hall–Kier alpha value is -2.15. The molecule has 0 N–H and O–H groups in total. The molecule has 2 aromatic carbocycles. The maximum Gasteiger partial charge on any atom is 0.189 e. The molecule has 0 radical (unpaired) electrons. The normalized spacial score (nSPS) is 16.7. The molecular weight excluding hydrogens is 256 g/mol. The third kappa shape index (κ3) is 2.97. The molecule has 0 aromatic heterocycles. The van der Waals surface area contributed by atoms with Crippen molar-refractivity contribution in [1.29, 1.82) is 0 Å². The maximum atomic E-state index is 12.8. The number of Topliss-reactive ketones (excluding diaryl/α,β-unsaturated/α-hetero) is 1. The predicted octanol–water partition coefficient (Wildman–Crippen LogP) is 4.91. The highest BCUT2D eigenvalue weighted by atomic mass is 16.1. The minimum absolute atomic E-state index is 0.201. The van der Waals surface area contributed by atoms with Gasteiger partial charge in [-0.2, -0.15) is 0 Å². The number of benzene rings is 2. The van der Waals surface area contributed by atoms with E-state index in [9.17, 15) is 4.79 Å². The van der Waals surface area contributed by atoms with Crippen LogP contribution in [0.4, 0.5) is 0 Å². The first-order valence-corrected chi connectivity index (χ1v) is 7.55. The Labute approximate surface area is 126 Å². The van der Waals surface area contributed by atoms with Crippen molar-refractivity contribution in [2.24, 2.45) is 0 Å². The van der Waals surface area contributed by atoms with Gasteiger partial charge in [0, 0.05) is 11.1 Å². The third-order valence-electron chi connectivity index (χ3n) is 4.11. The molecule has 1 aliphatic rings. The highest BCUT2D eigenvalue weighted by Crippen LogP contribution is 2.26. The van der Waals surface area contributed by atoms with Crippen molar-refractivity contribution in [3.63, 3.8) is 0 Å². The molecule has 0 atom stereocenters. The lowest BCUT2D eigenvalue weighted by atomic mass is 9.97. The quantitative estimate of drug-likeness (QED) is 0.534. The number of ketones is 1. The van der Waals surface area contributed by atoms with E-state index in [0.717, 1.165) is 41.5 Å². The fourth-order valence-electron chi connectivity index (χ4n) is 2.88. The molecule has 2 aromatic rings. The lowest BCUT2D eigenvalue weighted by molar-refractivity contribution is 0.103. The molecule has 0 heterocycles. The van der Waals surface area contributed by atoms with Gasteiger partial charge in [0.1, 0.15) is 0 Å². The average molecular weight is 276 g/mol. The Morgan fingerprint density at radius 3 is 2.38 bits per heavy atom. The summed E-state index contributed by atoms with van der Waals surface area (Å²) in [6.07, 6.45) is 4.95. The number of carbonyl (C=O) groups is 1. The maximum absolute atomic E-state index is 12.8. The molecule has 1 aliphatic carbocycles. The molecule has 1 heteroatoms. The van der Waals surface area contributed by atoms with Crippen molar-refractivity contribution in [2.45, 2.75) is 33.1 Å². The summed E-state index contributed by atoms with van der Waals surface area (Å²) in [5.74, 6) is 0.201. The summed E-state index contributed by atoms with van der Waals surface area (Å²) in [5.41, 5.74) is 6.52. The standard InChI is InChI=1S/C20H20O/c1-14-6-9-16(10-7-14)13-18-5-3-4-17-11-8-15(2)12-19(17)20(18)21/h6-13H,3-5H2,1-2H3/b18-13-. The number of carbonyl (C=O) groups excluding carboxylic acids is 1. The monoisotopic (exact) mass is 276 g/mol. The highest BCUT2D eigenvalue weighted by Gasteiger charge is 2.19. The zero-order valence-electron chi connectivity index (χ0n) is 12.6. The van der Waals surface area contributed by atoms with Crippen molar-refractivity contribution < 1.29 is 4.79 Å². The number of aryl methyl sites for hydroxylation is 3. The van der Waals surface area contributed by atoms with Crippen LogP contribution in [0, 0.1) is 13.8 Å². The summed E-state index contributed by atoms with van der Waals surface area (Å²) in [7, 11) is 0. The third-order valence-corrected chi connectivity index (χ3v) is 4.11. The van der Waals surface area contributed by atoms with Crippen LogP contribution in [0.3, 0.4) is 0 Å². The molecule has 0 saturated heterocycles. The SMILES string of the molecule is Cc1ccc(/C=C2/CCCc3ccc(C)cc3C2=O)cc1. The van der Waals surface area contributed by atoms with E-state index in [1.807, 2.05) is 13.0 Å². The van der Waals surface area contributed by atoms with Crippen LogP contribution in [-0.4, -0.2) is 5.78 Å². The second-order valence-electron chi connectivity index (χ2n) is 5.92. The number of allylic oxidation sites excluding steroid dienone is 1. The van der Waals surface area contributed by atoms with Gasteiger partial charge in [0.2, 0.25) is 0 Å². The Bertz CT molecular complexity index is 705. The molecule has 0 fully saturated rings. The number of hydrogen-bond acceptors (Lipinski definition) is 1. The lowest BCUT2D eigenvalue weighted by Crippen LogP contribution is -2.04. The van der Waals surface area contributed by atoms with Crippen LogP contribution in [-0.2, 0) is 6.42 Å². The van der Waals surface area contributed by atoms with Gasteiger partial charge in [-0.05, 0) is 56.4 Å². The van der Waals surface area contributed by atoms with Gasteiger partial charge in [-0.25, -0.2) is 0 Å². The van der Waals surface area contributed by atoms with E-state index in [1.54, 1.807) is 0 Å². The molecule has 0 spiro atoms. The molecule has 106 valence electrons. The van der Waals surface area contributed by atoms with Gasteiger partial charge in [-0.15, -0.1) is 0 Å². The fraction of sp³-hybridized carbons (Fsp3) is 0.250. The minimum Gasteiger partial charge on any atom is -0.289 e. The van der Waals surface area contributed by atoms with Crippen molar-refractivity contribution in [3.8, 4) is 0 Å². The first-order valence-electron chi connectivity index (χ1n) is 7.55. The number of rotatable bonds is 1. The zero-order chi connectivity index (χ0) is 14.8. The topological polar surface area (TPSA) is 17.1 Å². The second-order valence-corrected chi connectivity index (χ2v) is 5.92.